The molecule has 37 heavy (non-hydrogen) atoms. The summed E-state index contributed by atoms with van der Waals surface area (Å²) >= 11 is 0. The maximum Gasteiger partial charge on any atom is 0.271 e. The van der Waals surface area contributed by atoms with Crippen molar-refractivity contribution >= 4 is 29.2 Å². The van der Waals surface area contributed by atoms with E-state index in [-0.39, 0.29) is 30.0 Å². The molecule has 0 spiro atoms. The van der Waals surface area contributed by atoms with Gasteiger partial charge < -0.3 is 26.2 Å². The first-order valence-electron chi connectivity index (χ1n) is 12.4. The van der Waals surface area contributed by atoms with E-state index in [9.17, 15) is 14.4 Å². The van der Waals surface area contributed by atoms with Crippen LogP contribution >= 0.6 is 0 Å². The first-order valence-corrected chi connectivity index (χ1v) is 12.4. The van der Waals surface area contributed by atoms with Gasteiger partial charge in [-0.25, -0.2) is 9.97 Å². The van der Waals surface area contributed by atoms with Crippen LogP contribution in [0.2, 0.25) is 0 Å². The summed E-state index contributed by atoms with van der Waals surface area (Å²) in [5, 5.41) is 6.08. The quantitative estimate of drug-likeness (QED) is 0.353. The molecule has 1 heterocycles. The van der Waals surface area contributed by atoms with Crippen molar-refractivity contribution in [2.45, 2.75) is 39.5 Å². The highest BCUT2D eigenvalue weighted by Gasteiger charge is 2.17. The SMILES string of the molecule is CCc1nc(Nc2cccc(C(C)CNC(=O)CN(C)C(=O)/C=C/CN(C)C)c2)c(C(N)=O)nc1CC. The molecular formula is C27H39N7O3. The number of anilines is 2. The summed E-state index contributed by atoms with van der Waals surface area (Å²) in [6, 6.07) is 7.66. The largest absolute Gasteiger partial charge is 0.364 e. The maximum absolute atomic E-state index is 12.4. The lowest BCUT2D eigenvalue weighted by Gasteiger charge is -2.18. The van der Waals surface area contributed by atoms with Crippen LogP contribution in [0.1, 0.15) is 54.1 Å². The molecule has 0 aliphatic carbocycles. The van der Waals surface area contributed by atoms with Crippen molar-refractivity contribution in [2.24, 2.45) is 5.73 Å². The van der Waals surface area contributed by atoms with E-state index in [1.807, 2.05) is 64.0 Å². The third-order valence-corrected chi connectivity index (χ3v) is 5.77. The van der Waals surface area contributed by atoms with Gasteiger partial charge in [0.05, 0.1) is 17.9 Å². The van der Waals surface area contributed by atoms with Crippen molar-refractivity contribution in [1.82, 2.24) is 25.1 Å². The van der Waals surface area contributed by atoms with Gasteiger partial charge in [-0.2, -0.15) is 0 Å². The number of aromatic nitrogens is 2. The smallest absolute Gasteiger partial charge is 0.271 e. The Morgan fingerprint density at radius 3 is 2.38 bits per heavy atom. The Hall–Kier alpha value is -3.79. The summed E-state index contributed by atoms with van der Waals surface area (Å²) in [6.45, 7) is 6.97. The molecule has 1 aromatic carbocycles. The van der Waals surface area contributed by atoms with Gasteiger partial charge in [-0.05, 0) is 50.6 Å². The number of nitrogens with one attached hydrogen (secondary N) is 2. The van der Waals surface area contributed by atoms with Crippen molar-refractivity contribution in [3.63, 3.8) is 0 Å². The molecule has 0 saturated carbocycles. The molecule has 4 N–H and O–H groups in total. The van der Waals surface area contributed by atoms with Gasteiger partial charge in [0.15, 0.2) is 11.5 Å². The number of carbonyl (C=O) groups excluding carboxylic acids is 3. The Bertz CT molecular complexity index is 1130. The number of primary amides is 1. The summed E-state index contributed by atoms with van der Waals surface area (Å²) in [5.74, 6) is -0.770. The zero-order valence-corrected chi connectivity index (χ0v) is 22.7. The molecule has 200 valence electrons. The molecule has 1 unspecified atom stereocenters. The fourth-order valence-electron chi connectivity index (χ4n) is 3.62. The highest BCUT2D eigenvalue weighted by Crippen LogP contribution is 2.24. The summed E-state index contributed by atoms with van der Waals surface area (Å²) in [6.07, 6.45) is 4.58. The van der Waals surface area contributed by atoms with Crippen molar-refractivity contribution in [1.29, 1.82) is 0 Å². The standard InChI is InChI=1S/C27H39N7O3/c1-7-21-22(8-2)32-27(25(31-21)26(28)37)30-20-12-9-11-19(15-20)18(3)16-29-23(35)17-34(6)24(36)13-10-14-33(4)5/h9-13,15,18H,7-8,14,16-17H2,1-6H3,(H2,28,37)(H,29,35)(H,30,32)/b13-10+. The minimum atomic E-state index is -0.642. The molecule has 3 amide bonds. The Labute approximate surface area is 219 Å². The van der Waals surface area contributed by atoms with E-state index in [4.69, 9.17) is 5.73 Å². The minimum Gasteiger partial charge on any atom is -0.364 e. The number of nitrogens with zero attached hydrogens (tertiary/aromatic N) is 4. The second-order valence-corrected chi connectivity index (χ2v) is 9.20. The lowest BCUT2D eigenvalue weighted by molar-refractivity contribution is -0.131. The highest BCUT2D eigenvalue weighted by molar-refractivity contribution is 5.96. The van der Waals surface area contributed by atoms with Crippen LogP contribution in [0.5, 0.6) is 0 Å². The summed E-state index contributed by atoms with van der Waals surface area (Å²) in [7, 11) is 5.43. The second-order valence-electron chi connectivity index (χ2n) is 9.20. The molecule has 1 aromatic heterocycles. The lowest BCUT2D eigenvalue weighted by atomic mass is 10.0. The van der Waals surface area contributed by atoms with Crippen LogP contribution in [0.4, 0.5) is 11.5 Å². The normalized spacial score (nSPS) is 12.0. The van der Waals surface area contributed by atoms with Crippen molar-refractivity contribution in [2.75, 3.05) is 46.1 Å². The number of hydrogen-bond acceptors (Lipinski definition) is 7. The molecule has 0 saturated heterocycles. The molecule has 1 atom stereocenters. The molecule has 2 rings (SSSR count). The number of aryl methyl sites for hydroxylation is 2. The fourth-order valence-corrected chi connectivity index (χ4v) is 3.62. The predicted molar refractivity (Wildman–Crippen MR) is 146 cm³/mol. The predicted octanol–water partition coefficient (Wildman–Crippen LogP) is 2.24. The summed E-state index contributed by atoms with van der Waals surface area (Å²) in [4.78, 5) is 48.9. The Kier molecular flexibility index (Phi) is 11.2. The number of nitrogens with two attached hydrogens (primary N) is 1. The lowest BCUT2D eigenvalue weighted by Crippen LogP contribution is -2.39. The van der Waals surface area contributed by atoms with E-state index in [2.05, 4.69) is 20.6 Å². The van der Waals surface area contributed by atoms with Gasteiger partial charge in [0.1, 0.15) is 0 Å². The fraction of sp³-hybridized carbons (Fsp3) is 0.444. The maximum atomic E-state index is 12.4. The Morgan fingerprint density at radius 1 is 1.08 bits per heavy atom. The molecular weight excluding hydrogens is 470 g/mol. The van der Waals surface area contributed by atoms with Gasteiger partial charge in [0.25, 0.3) is 5.91 Å². The van der Waals surface area contributed by atoms with Crippen molar-refractivity contribution in [3.05, 3.63) is 59.1 Å². The highest BCUT2D eigenvalue weighted by atomic mass is 16.2. The average molecular weight is 510 g/mol. The van der Waals surface area contributed by atoms with Gasteiger partial charge in [-0.3, -0.25) is 14.4 Å². The number of rotatable bonds is 13. The van der Waals surface area contributed by atoms with Crippen molar-refractivity contribution in [3.8, 4) is 0 Å². The topological polar surface area (TPSA) is 134 Å². The van der Waals surface area contributed by atoms with Crippen LogP contribution in [0.15, 0.2) is 36.4 Å². The number of amides is 3. The molecule has 0 bridgehead atoms. The van der Waals surface area contributed by atoms with Crippen LogP contribution in [-0.4, -0.2) is 78.3 Å². The van der Waals surface area contributed by atoms with Gasteiger partial charge in [0, 0.05) is 31.9 Å². The summed E-state index contributed by atoms with van der Waals surface area (Å²) < 4.78 is 0. The van der Waals surface area contributed by atoms with E-state index < -0.39 is 5.91 Å². The third-order valence-electron chi connectivity index (χ3n) is 5.77. The molecule has 0 aliphatic rings. The molecule has 0 fully saturated rings. The van der Waals surface area contributed by atoms with E-state index >= 15 is 0 Å². The first-order chi connectivity index (χ1) is 17.5. The molecule has 10 heteroatoms. The first kappa shape index (κ1) is 29.4. The van der Waals surface area contributed by atoms with Crippen LogP contribution in [-0.2, 0) is 22.4 Å². The third kappa shape index (κ3) is 8.98. The van der Waals surface area contributed by atoms with Gasteiger partial charge >= 0.3 is 0 Å². The van der Waals surface area contributed by atoms with E-state index in [1.54, 1.807) is 13.1 Å². The van der Waals surface area contributed by atoms with Crippen LogP contribution in [0, 0.1) is 0 Å². The molecule has 0 radical (unpaired) electrons. The molecule has 2 aromatic rings. The molecule has 10 nitrogen and oxygen atoms in total. The van der Waals surface area contributed by atoms with Gasteiger partial charge in [-0.15, -0.1) is 0 Å². The van der Waals surface area contributed by atoms with E-state index in [0.717, 1.165) is 22.6 Å². The Morgan fingerprint density at radius 2 is 1.76 bits per heavy atom. The summed E-state index contributed by atoms with van der Waals surface area (Å²) in [5.41, 5.74) is 8.96. The van der Waals surface area contributed by atoms with E-state index in [1.165, 1.54) is 11.0 Å². The van der Waals surface area contributed by atoms with Gasteiger partial charge in [0.2, 0.25) is 11.8 Å². The second kappa shape index (κ2) is 14.1. The van der Waals surface area contributed by atoms with E-state index in [0.29, 0.717) is 31.7 Å². The zero-order chi connectivity index (χ0) is 27.5. The molecule has 0 aliphatic heterocycles. The van der Waals surface area contributed by atoms with Crippen LogP contribution in [0.3, 0.4) is 0 Å². The number of benzene rings is 1. The Balaban J connectivity index is 2.03. The minimum absolute atomic E-state index is 0.00191. The monoisotopic (exact) mass is 509 g/mol. The number of likely N-dealkylation sites (N-methyl/N-ethyl adjacent to an activating group) is 2. The zero-order valence-electron chi connectivity index (χ0n) is 22.7. The van der Waals surface area contributed by atoms with Crippen molar-refractivity contribution < 1.29 is 14.4 Å². The number of carbonyl (C=O) groups is 3. The van der Waals surface area contributed by atoms with Crippen LogP contribution < -0.4 is 16.4 Å². The number of hydrogen-bond donors (Lipinski definition) is 3. The average Bonchev–Trinajstić information content (AvgIpc) is 2.86. The van der Waals surface area contributed by atoms with Crippen LogP contribution in [0.25, 0.3) is 0 Å². The van der Waals surface area contributed by atoms with Gasteiger partial charge in [-0.1, -0.05) is 39.0 Å².